The number of hydrogen-bond acceptors (Lipinski definition) is 3. The molecule has 0 saturated heterocycles. The molecule has 0 atom stereocenters. The Morgan fingerprint density at radius 1 is 1.22 bits per heavy atom. The van der Waals surface area contributed by atoms with E-state index in [-0.39, 0.29) is 0 Å². The van der Waals surface area contributed by atoms with Crippen LogP contribution in [0.15, 0.2) is 36.4 Å². The Hall–Kier alpha value is -2.47. The van der Waals surface area contributed by atoms with Crippen molar-refractivity contribution in [2.24, 2.45) is 0 Å². The summed E-state index contributed by atoms with van der Waals surface area (Å²) in [4.78, 5) is 0. The predicted molar refractivity (Wildman–Crippen MR) is 70.2 cm³/mol. The van der Waals surface area contributed by atoms with Gasteiger partial charge in [-0.25, -0.2) is 0 Å². The van der Waals surface area contributed by atoms with Crippen LogP contribution >= 0.6 is 0 Å². The maximum absolute atomic E-state index is 9.20. The van der Waals surface area contributed by atoms with Crippen LogP contribution in [0, 0.1) is 11.3 Å². The van der Waals surface area contributed by atoms with Crippen LogP contribution in [0.2, 0.25) is 0 Å². The molecule has 2 aromatic rings. The summed E-state index contributed by atoms with van der Waals surface area (Å²) in [5.41, 5.74) is 9.99. The van der Waals surface area contributed by atoms with E-state index in [1.807, 2.05) is 24.3 Å². The van der Waals surface area contributed by atoms with Gasteiger partial charge in [0.25, 0.3) is 0 Å². The van der Waals surface area contributed by atoms with Gasteiger partial charge >= 0.3 is 0 Å². The van der Waals surface area contributed by atoms with Gasteiger partial charge < -0.3 is 10.5 Å². The molecule has 3 nitrogen and oxygen atoms in total. The van der Waals surface area contributed by atoms with Gasteiger partial charge in [0.2, 0.25) is 0 Å². The third-order valence-electron chi connectivity index (χ3n) is 3.21. The van der Waals surface area contributed by atoms with Crippen molar-refractivity contribution >= 4 is 5.69 Å². The number of nitrogen functional groups attached to an aromatic ring is 1. The van der Waals surface area contributed by atoms with Crippen LogP contribution in [0.1, 0.15) is 11.1 Å². The van der Waals surface area contributed by atoms with Gasteiger partial charge in [0.1, 0.15) is 11.8 Å². The number of ether oxygens (including phenoxy) is 1. The van der Waals surface area contributed by atoms with E-state index in [0.29, 0.717) is 11.3 Å². The molecule has 0 saturated carbocycles. The molecule has 0 amide bonds. The second kappa shape index (κ2) is 4.08. The quantitative estimate of drug-likeness (QED) is 0.774. The molecule has 88 valence electrons. The Labute approximate surface area is 105 Å². The molecule has 3 heteroatoms. The monoisotopic (exact) mass is 236 g/mol. The van der Waals surface area contributed by atoms with Crippen LogP contribution in [0.3, 0.4) is 0 Å². The average Bonchev–Trinajstić information content (AvgIpc) is 2.85. The first kappa shape index (κ1) is 10.7. The Balaban J connectivity index is 2.16. The van der Waals surface area contributed by atoms with E-state index in [4.69, 9.17) is 10.5 Å². The Kier molecular flexibility index (Phi) is 2.42. The van der Waals surface area contributed by atoms with Crippen molar-refractivity contribution in [2.75, 3.05) is 12.3 Å². The van der Waals surface area contributed by atoms with Crippen molar-refractivity contribution in [1.82, 2.24) is 0 Å². The third-order valence-corrected chi connectivity index (χ3v) is 3.21. The van der Waals surface area contributed by atoms with Gasteiger partial charge in [0.15, 0.2) is 0 Å². The van der Waals surface area contributed by atoms with E-state index in [9.17, 15) is 5.26 Å². The van der Waals surface area contributed by atoms with Crippen LogP contribution in [-0.4, -0.2) is 6.61 Å². The van der Waals surface area contributed by atoms with Crippen LogP contribution < -0.4 is 10.5 Å². The summed E-state index contributed by atoms with van der Waals surface area (Å²) < 4.78 is 5.48. The summed E-state index contributed by atoms with van der Waals surface area (Å²) >= 11 is 0. The molecule has 0 fully saturated rings. The summed E-state index contributed by atoms with van der Waals surface area (Å²) in [6, 6.07) is 13.7. The molecule has 0 radical (unpaired) electrons. The molecule has 2 aromatic carbocycles. The summed E-state index contributed by atoms with van der Waals surface area (Å²) in [7, 11) is 0. The van der Waals surface area contributed by atoms with Crippen LogP contribution in [-0.2, 0) is 6.42 Å². The zero-order valence-electron chi connectivity index (χ0n) is 9.81. The zero-order chi connectivity index (χ0) is 12.5. The molecule has 0 aromatic heterocycles. The van der Waals surface area contributed by atoms with Gasteiger partial charge in [-0.1, -0.05) is 18.2 Å². The molecular weight excluding hydrogens is 224 g/mol. The number of hydrogen-bond donors (Lipinski definition) is 1. The van der Waals surface area contributed by atoms with Gasteiger partial charge in [-0.2, -0.15) is 5.26 Å². The van der Waals surface area contributed by atoms with E-state index in [1.54, 1.807) is 6.07 Å². The summed E-state index contributed by atoms with van der Waals surface area (Å²) in [5, 5.41) is 9.20. The van der Waals surface area contributed by atoms with Gasteiger partial charge in [0.05, 0.1) is 17.9 Å². The number of fused-ring (bicyclic) bond motifs is 1. The lowest BCUT2D eigenvalue weighted by atomic mass is 9.97. The summed E-state index contributed by atoms with van der Waals surface area (Å²) in [6.07, 6.45) is 0.924. The highest BCUT2D eigenvalue weighted by atomic mass is 16.5. The minimum atomic E-state index is 0.520. The maximum Gasteiger partial charge on any atom is 0.122 e. The number of nitrogens with zero attached hydrogens (tertiary/aromatic N) is 1. The normalized spacial score (nSPS) is 12.6. The van der Waals surface area contributed by atoms with Crippen LogP contribution in [0.5, 0.6) is 5.75 Å². The molecule has 0 spiro atoms. The largest absolute Gasteiger partial charge is 0.493 e. The van der Waals surface area contributed by atoms with Crippen molar-refractivity contribution in [1.29, 1.82) is 5.26 Å². The highest BCUT2D eigenvalue weighted by molar-refractivity contribution is 5.77. The van der Waals surface area contributed by atoms with Gasteiger partial charge in [-0.05, 0) is 29.3 Å². The van der Waals surface area contributed by atoms with Crippen molar-refractivity contribution < 1.29 is 4.74 Å². The summed E-state index contributed by atoms with van der Waals surface area (Å²) in [6.45, 7) is 0.737. The fourth-order valence-corrected chi connectivity index (χ4v) is 2.29. The van der Waals surface area contributed by atoms with Crippen LogP contribution in [0.4, 0.5) is 5.69 Å². The van der Waals surface area contributed by atoms with Crippen molar-refractivity contribution in [3.63, 3.8) is 0 Å². The van der Waals surface area contributed by atoms with Gasteiger partial charge in [-0.15, -0.1) is 0 Å². The van der Waals surface area contributed by atoms with Crippen molar-refractivity contribution in [2.45, 2.75) is 6.42 Å². The van der Waals surface area contributed by atoms with Crippen LogP contribution in [0.25, 0.3) is 11.1 Å². The molecule has 0 bridgehead atoms. The maximum atomic E-state index is 9.20. The van der Waals surface area contributed by atoms with E-state index >= 15 is 0 Å². The first-order valence-electron chi connectivity index (χ1n) is 5.84. The molecule has 1 heterocycles. The minimum Gasteiger partial charge on any atom is -0.493 e. The molecular formula is C15H12N2O. The zero-order valence-corrected chi connectivity index (χ0v) is 9.81. The smallest absolute Gasteiger partial charge is 0.122 e. The highest BCUT2D eigenvalue weighted by Crippen LogP contribution is 2.33. The topological polar surface area (TPSA) is 59.0 Å². The number of benzene rings is 2. The first-order valence-corrected chi connectivity index (χ1v) is 5.84. The SMILES string of the molecule is N#Cc1c(N)cccc1-c1ccc2c(c1)CCO2. The Morgan fingerprint density at radius 3 is 2.94 bits per heavy atom. The molecule has 0 unspecified atom stereocenters. The van der Waals surface area contributed by atoms with E-state index in [0.717, 1.165) is 29.9 Å². The van der Waals surface area contributed by atoms with Crippen molar-refractivity contribution in [3.8, 4) is 22.9 Å². The lowest BCUT2D eigenvalue weighted by Gasteiger charge is -2.08. The Morgan fingerprint density at radius 2 is 2.11 bits per heavy atom. The lowest BCUT2D eigenvalue weighted by Crippen LogP contribution is -1.93. The average molecular weight is 236 g/mol. The van der Waals surface area contributed by atoms with Gasteiger partial charge in [0, 0.05) is 12.0 Å². The number of nitriles is 1. The predicted octanol–water partition coefficient (Wildman–Crippen LogP) is 2.74. The lowest BCUT2D eigenvalue weighted by molar-refractivity contribution is 0.357. The third kappa shape index (κ3) is 1.59. The molecule has 18 heavy (non-hydrogen) atoms. The Bertz CT molecular complexity index is 656. The molecule has 3 rings (SSSR count). The highest BCUT2D eigenvalue weighted by Gasteiger charge is 2.14. The first-order chi connectivity index (χ1) is 8.79. The summed E-state index contributed by atoms with van der Waals surface area (Å²) in [5.74, 6) is 0.946. The van der Waals surface area contributed by atoms with Gasteiger partial charge in [-0.3, -0.25) is 0 Å². The standard InChI is InChI=1S/C15H12N2O/c16-9-13-12(2-1-3-14(13)17)10-4-5-15-11(8-10)6-7-18-15/h1-5,8H,6-7,17H2. The number of nitrogens with two attached hydrogens (primary N) is 1. The second-order valence-electron chi connectivity index (χ2n) is 4.30. The fraction of sp³-hybridized carbons (Fsp3) is 0.133. The fourth-order valence-electron chi connectivity index (χ4n) is 2.29. The molecule has 0 aliphatic carbocycles. The second-order valence-corrected chi connectivity index (χ2v) is 4.30. The number of rotatable bonds is 1. The van der Waals surface area contributed by atoms with E-state index in [2.05, 4.69) is 12.1 Å². The molecule has 1 aliphatic heterocycles. The van der Waals surface area contributed by atoms with E-state index < -0.39 is 0 Å². The molecule has 2 N–H and O–H groups in total. The minimum absolute atomic E-state index is 0.520. The molecule has 1 aliphatic rings. The van der Waals surface area contributed by atoms with Crippen molar-refractivity contribution in [3.05, 3.63) is 47.5 Å². The van der Waals surface area contributed by atoms with E-state index in [1.165, 1.54) is 5.56 Å². The number of anilines is 1.